The lowest BCUT2D eigenvalue weighted by molar-refractivity contribution is 0.539. The number of nitriles is 1. The molecule has 0 saturated heterocycles. The summed E-state index contributed by atoms with van der Waals surface area (Å²) < 4.78 is 28.6. The maximum atomic E-state index is 13.5. The Hall–Kier alpha value is -2.26. The minimum Gasteiger partial charge on any atom is -0.326 e. The molecule has 2 rings (SSSR count). The third-order valence-electron chi connectivity index (χ3n) is 2.57. The highest BCUT2D eigenvalue weighted by molar-refractivity contribution is 5.60. The first kappa shape index (κ1) is 13.2. The summed E-state index contributed by atoms with van der Waals surface area (Å²) in [5, 5.41) is 12.8. The summed E-state index contributed by atoms with van der Waals surface area (Å²) in [6, 6.07) is 5.25. The molecule has 4 nitrogen and oxygen atoms in total. The topological polar surface area (TPSA) is 67.6 Å². The second-order valence-corrected chi connectivity index (χ2v) is 4.33. The predicted molar refractivity (Wildman–Crippen MR) is 65.9 cm³/mol. The zero-order valence-electron chi connectivity index (χ0n) is 10.3. The van der Waals surface area contributed by atoms with E-state index >= 15 is 0 Å². The van der Waals surface area contributed by atoms with Gasteiger partial charge in [-0.15, -0.1) is 0 Å². The van der Waals surface area contributed by atoms with Crippen LogP contribution in [-0.2, 0) is 6.54 Å². The molecule has 0 aliphatic heterocycles. The van der Waals surface area contributed by atoms with Crippen LogP contribution < -0.4 is 5.73 Å². The minimum atomic E-state index is -0.890. The molecule has 0 saturated carbocycles. The van der Waals surface area contributed by atoms with Crippen LogP contribution in [0.5, 0.6) is 0 Å². The number of nitrogens with two attached hydrogens (primary N) is 1. The summed E-state index contributed by atoms with van der Waals surface area (Å²) in [6.07, 6.45) is 1.69. The Morgan fingerprint density at radius 3 is 2.58 bits per heavy atom. The third kappa shape index (κ3) is 2.77. The number of halogens is 2. The van der Waals surface area contributed by atoms with E-state index in [-0.39, 0.29) is 11.6 Å². The molecular formula is C13H12F2N4. The molecule has 1 atom stereocenters. The van der Waals surface area contributed by atoms with Crippen LogP contribution in [0.3, 0.4) is 0 Å². The largest absolute Gasteiger partial charge is 0.326 e. The van der Waals surface area contributed by atoms with Gasteiger partial charge in [-0.25, -0.2) is 8.78 Å². The molecule has 0 spiro atoms. The summed E-state index contributed by atoms with van der Waals surface area (Å²) in [4.78, 5) is 0. The fraction of sp³-hybridized carbons (Fsp3) is 0.231. The van der Waals surface area contributed by atoms with Crippen molar-refractivity contribution in [3.05, 3.63) is 41.6 Å². The van der Waals surface area contributed by atoms with Crippen molar-refractivity contribution in [1.29, 1.82) is 5.26 Å². The van der Waals surface area contributed by atoms with E-state index in [0.717, 1.165) is 12.1 Å². The number of hydrogen-bond acceptors (Lipinski definition) is 3. The van der Waals surface area contributed by atoms with Crippen LogP contribution in [-0.4, -0.2) is 15.8 Å². The van der Waals surface area contributed by atoms with Crippen molar-refractivity contribution in [2.45, 2.75) is 19.5 Å². The lowest BCUT2D eigenvalue weighted by Gasteiger charge is -2.04. The van der Waals surface area contributed by atoms with Crippen molar-refractivity contribution in [2.24, 2.45) is 5.73 Å². The van der Waals surface area contributed by atoms with Gasteiger partial charge in [-0.05, 0) is 25.1 Å². The molecule has 0 aliphatic carbocycles. The van der Waals surface area contributed by atoms with Gasteiger partial charge >= 0.3 is 0 Å². The first-order valence-corrected chi connectivity index (χ1v) is 5.70. The summed E-state index contributed by atoms with van der Waals surface area (Å²) in [6.45, 7) is 2.35. The number of hydrogen-bond donors (Lipinski definition) is 1. The maximum Gasteiger partial charge on any atom is 0.144 e. The van der Waals surface area contributed by atoms with Crippen LogP contribution in [0.2, 0.25) is 0 Å². The van der Waals surface area contributed by atoms with Crippen molar-refractivity contribution in [3.63, 3.8) is 0 Å². The average Bonchev–Trinajstić information content (AvgIpc) is 2.76. The van der Waals surface area contributed by atoms with Crippen LogP contribution in [0.1, 0.15) is 12.5 Å². The second-order valence-electron chi connectivity index (χ2n) is 4.33. The van der Waals surface area contributed by atoms with Crippen molar-refractivity contribution in [1.82, 2.24) is 9.78 Å². The van der Waals surface area contributed by atoms with Gasteiger partial charge < -0.3 is 5.73 Å². The van der Waals surface area contributed by atoms with Gasteiger partial charge in [-0.3, -0.25) is 4.68 Å². The van der Waals surface area contributed by atoms with E-state index in [9.17, 15) is 8.78 Å². The summed E-state index contributed by atoms with van der Waals surface area (Å²) in [5.74, 6) is -1.78. The Labute approximate surface area is 109 Å². The molecule has 0 bridgehead atoms. The van der Waals surface area contributed by atoms with E-state index in [0.29, 0.717) is 12.2 Å². The molecule has 0 radical (unpaired) electrons. The third-order valence-corrected chi connectivity index (χ3v) is 2.57. The van der Waals surface area contributed by atoms with E-state index < -0.39 is 17.2 Å². The number of aromatic nitrogens is 2. The van der Waals surface area contributed by atoms with Gasteiger partial charge in [-0.1, -0.05) is 0 Å². The highest BCUT2D eigenvalue weighted by Crippen LogP contribution is 2.22. The standard InChI is InChI=1S/C13H12F2N4/c1-8(17)7-19-3-2-13(18-19)9-4-11(14)10(6-16)12(15)5-9/h2-5,8H,7,17H2,1H3. The fourth-order valence-electron chi connectivity index (χ4n) is 1.74. The lowest BCUT2D eigenvalue weighted by Crippen LogP contribution is -2.22. The second kappa shape index (κ2) is 5.16. The molecule has 1 heterocycles. The highest BCUT2D eigenvalue weighted by atomic mass is 19.1. The molecule has 1 aromatic carbocycles. The van der Waals surface area contributed by atoms with Gasteiger partial charge in [0.25, 0.3) is 0 Å². The van der Waals surface area contributed by atoms with Crippen molar-refractivity contribution >= 4 is 0 Å². The van der Waals surface area contributed by atoms with Gasteiger partial charge in [0.1, 0.15) is 23.3 Å². The fourth-order valence-corrected chi connectivity index (χ4v) is 1.74. The van der Waals surface area contributed by atoms with Crippen molar-refractivity contribution < 1.29 is 8.78 Å². The summed E-state index contributed by atoms with van der Waals surface area (Å²) in [5.41, 5.74) is 5.78. The van der Waals surface area contributed by atoms with E-state index in [1.807, 2.05) is 6.92 Å². The maximum absolute atomic E-state index is 13.5. The Morgan fingerprint density at radius 2 is 2.05 bits per heavy atom. The molecule has 0 fully saturated rings. The smallest absolute Gasteiger partial charge is 0.144 e. The minimum absolute atomic E-state index is 0.0674. The Kier molecular flexibility index (Phi) is 3.58. The first-order valence-electron chi connectivity index (χ1n) is 5.70. The Morgan fingerprint density at radius 1 is 1.42 bits per heavy atom. The van der Waals surface area contributed by atoms with Crippen LogP contribution in [0.4, 0.5) is 8.78 Å². The Balaban J connectivity index is 2.37. The zero-order valence-corrected chi connectivity index (χ0v) is 10.3. The number of nitrogens with zero attached hydrogens (tertiary/aromatic N) is 3. The molecule has 0 aliphatic rings. The lowest BCUT2D eigenvalue weighted by atomic mass is 10.1. The van der Waals surface area contributed by atoms with Gasteiger partial charge in [0.05, 0.1) is 12.2 Å². The highest BCUT2D eigenvalue weighted by Gasteiger charge is 2.13. The predicted octanol–water partition coefficient (Wildman–Crippen LogP) is 2.05. The van der Waals surface area contributed by atoms with Gasteiger partial charge in [0.2, 0.25) is 0 Å². The summed E-state index contributed by atoms with van der Waals surface area (Å²) >= 11 is 0. The normalized spacial score (nSPS) is 12.2. The SMILES string of the molecule is CC(N)Cn1ccc(-c2cc(F)c(C#N)c(F)c2)n1. The van der Waals surface area contributed by atoms with Crippen molar-refractivity contribution in [3.8, 4) is 17.3 Å². The van der Waals surface area contributed by atoms with E-state index in [1.165, 1.54) is 6.07 Å². The van der Waals surface area contributed by atoms with E-state index in [2.05, 4.69) is 5.10 Å². The zero-order chi connectivity index (χ0) is 14.0. The molecule has 1 unspecified atom stereocenters. The van der Waals surface area contributed by atoms with Gasteiger partial charge in [0, 0.05) is 17.8 Å². The number of rotatable bonds is 3. The summed E-state index contributed by atoms with van der Waals surface area (Å²) in [7, 11) is 0. The van der Waals surface area contributed by atoms with Gasteiger partial charge in [-0.2, -0.15) is 10.4 Å². The van der Waals surface area contributed by atoms with E-state index in [1.54, 1.807) is 16.9 Å². The van der Waals surface area contributed by atoms with Crippen LogP contribution >= 0.6 is 0 Å². The molecule has 2 N–H and O–H groups in total. The molecule has 2 aromatic rings. The molecule has 0 amide bonds. The molecule has 98 valence electrons. The first-order chi connectivity index (χ1) is 9.01. The monoisotopic (exact) mass is 262 g/mol. The molecule has 1 aromatic heterocycles. The van der Waals surface area contributed by atoms with Crippen molar-refractivity contribution in [2.75, 3.05) is 0 Å². The van der Waals surface area contributed by atoms with Gasteiger partial charge in [0.15, 0.2) is 0 Å². The molecule has 6 heteroatoms. The average molecular weight is 262 g/mol. The molecule has 19 heavy (non-hydrogen) atoms. The van der Waals surface area contributed by atoms with E-state index in [4.69, 9.17) is 11.0 Å². The van der Waals surface area contributed by atoms with Crippen LogP contribution in [0.25, 0.3) is 11.3 Å². The number of benzene rings is 1. The molecular weight excluding hydrogens is 250 g/mol. The Bertz CT molecular complexity index is 617. The van der Waals surface area contributed by atoms with Crippen LogP contribution in [0, 0.1) is 23.0 Å². The quantitative estimate of drug-likeness (QED) is 0.920. The van der Waals surface area contributed by atoms with Crippen LogP contribution in [0.15, 0.2) is 24.4 Å².